The molecule has 0 fully saturated rings. The number of hydrogen-bond donors (Lipinski definition) is 2. The van der Waals surface area contributed by atoms with Crippen LogP contribution in [-0.4, -0.2) is 35.3 Å². The Bertz CT molecular complexity index is 388. The molecule has 0 saturated heterocycles. The highest BCUT2D eigenvalue weighted by molar-refractivity contribution is 5.86. The first-order valence-electron chi connectivity index (χ1n) is 4.63. The lowest BCUT2D eigenvalue weighted by Gasteiger charge is -2.09. The third-order valence-electron chi connectivity index (χ3n) is 2.00. The molecule has 1 aromatic heterocycles. The third kappa shape index (κ3) is 3.06. The van der Waals surface area contributed by atoms with Crippen molar-refractivity contribution in [3.8, 4) is 0 Å². The van der Waals surface area contributed by atoms with Crippen LogP contribution in [0.3, 0.4) is 0 Å². The van der Waals surface area contributed by atoms with Crippen molar-refractivity contribution in [2.24, 2.45) is 12.8 Å². The first-order valence-corrected chi connectivity index (χ1v) is 4.63. The summed E-state index contributed by atoms with van der Waals surface area (Å²) < 4.78 is 5.92. The summed E-state index contributed by atoms with van der Waals surface area (Å²) in [6.45, 7) is -0.191. The Morgan fingerprint density at radius 3 is 2.88 bits per heavy atom. The van der Waals surface area contributed by atoms with Crippen molar-refractivity contribution in [3.05, 3.63) is 18.0 Å². The minimum Gasteiger partial charge on any atom is -0.468 e. The highest BCUT2D eigenvalue weighted by atomic mass is 16.5. The van der Waals surface area contributed by atoms with E-state index in [1.54, 1.807) is 17.9 Å². The molecule has 0 aromatic carbocycles. The van der Waals surface area contributed by atoms with Crippen LogP contribution < -0.4 is 11.1 Å². The fourth-order valence-electron chi connectivity index (χ4n) is 1.09. The fraction of sp³-hybridized carbons (Fsp3) is 0.444. The zero-order chi connectivity index (χ0) is 12.1. The number of esters is 1. The minimum absolute atomic E-state index is 0.191. The molecule has 1 atom stereocenters. The second-order valence-corrected chi connectivity index (χ2v) is 3.22. The lowest BCUT2D eigenvalue weighted by Crippen LogP contribution is -2.37. The van der Waals surface area contributed by atoms with Gasteiger partial charge in [0.25, 0.3) is 0 Å². The Hall–Kier alpha value is -1.89. The van der Waals surface area contributed by atoms with Gasteiger partial charge in [-0.25, -0.2) is 0 Å². The lowest BCUT2D eigenvalue weighted by atomic mass is 10.1. The number of ether oxygens (including phenoxy) is 1. The summed E-state index contributed by atoms with van der Waals surface area (Å²) in [6.07, 6.45) is 3.14. The summed E-state index contributed by atoms with van der Waals surface area (Å²) in [4.78, 5) is 22.3. The average Bonchev–Trinajstić information content (AvgIpc) is 2.71. The SMILES string of the molecule is COC(=O)CNC(=O)C(N)c1cnn(C)c1. The Morgan fingerprint density at radius 1 is 1.69 bits per heavy atom. The number of nitrogens with zero attached hydrogens (tertiary/aromatic N) is 2. The quantitative estimate of drug-likeness (QED) is 0.622. The van der Waals surface area contributed by atoms with E-state index in [-0.39, 0.29) is 6.54 Å². The van der Waals surface area contributed by atoms with E-state index in [2.05, 4.69) is 15.2 Å². The molecule has 0 aliphatic rings. The number of hydrogen-bond acceptors (Lipinski definition) is 5. The molecule has 16 heavy (non-hydrogen) atoms. The number of nitrogens with one attached hydrogen (secondary N) is 1. The van der Waals surface area contributed by atoms with Crippen molar-refractivity contribution in [2.45, 2.75) is 6.04 Å². The second kappa shape index (κ2) is 5.26. The maximum Gasteiger partial charge on any atom is 0.325 e. The van der Waals surface area contributed by atoms with Gasteiger partial charge in [0, 0.05) is 18.8 Å². The highest BCUT2D eigenvalue weighted by Gasteiger charge is 2.17. The molecule has 1 unspecified atom stereocenters. The summed E-state index contributed by atoms with van der Waals surface area (Å²) in [6, 6.07) is -0.835. The van der Waals surface area contributed by atoms with E-state index in [1.807, 2.05) is 0 Å². The van der Waals surface area contributed by atoms with Crippen LogP contribution in [0, 0.1) is 0 Å². The number of aryl methyl sites for hydroxylation is 1. The average molecular weight is 226 g/mol. The summed E-state index contributed by atoms with van der Waals surface area (Å²) in [5.74, 6) is -0.967. The van der Waals surface area contributed by atoms with Gasteiger partial charge in [0.1, 0.15) is 12.6 Å². The van der Waals surface area contributed by atoms with Gasteiger partial charge in [-0.05, 0) is 0 Å². The molecule has 3 N–H and O–H groups in total. The first-order chi connectivity index (χ1) is 7.54. The van der Waals surface area contributed by atoms with Gasteiger partial charge in [-0.2, -0.15) is 5.10 Å². The smallest absolute Gasteiger partial charge is 0.325 e. The van der Waals surface area contributed by atoms with Crippen LogP contribution in [0.4, 0.5) is 0 Å². The van der Waals surface area contributed by atoms with Gasteiger partial charge in [-0.3, -0.25) is 14.3 Å². The summed E-state index contributed by atoms with van der Waals surface area (Å²) >= 11 is 0. The van der Waals surface area contributed by atoms with Gasteiger partial charge >= 0.3 is 5.97 Å². The van der Waals surface area contributed by atoms with E-state index in [0.717, 1.165) is 0 Å². The summed E-state index contributed by atoms with van der Waals surface area (Å²) in [5.41, 5.74) is 6.25. The Balaban J connectivity index is 2.51. The van der Waals surface area contributed by atoms with E-state index in [1.165, 1.54) is 13.3 Å². The van der Waals surface area contributed by atoms with Gasteiger partial charge in [0.05, 0.1) is 13.3 Å². The molecule has 0 aliphatic carbocycles. The minimum atomic E-state index is -0.835. The first kappa shape index (κ1) is 12.2. The highest BCUT2D eigenvalue weighted by Crippen LogP contribution is 2.07. The van der Waals surface area contributed by atoms with Gasteiger partial charge in [0.15, 0.2) is 0 Å². The second-order valence-electron chi connectivity index (χ2n) is 3.22. The van der Waals surface area contributed by atoms with Crippen LogP contribution in [0.2, 0.25) is 0 Å². The molecule has 0 bridgehead atoms. The number of carbonyl (C=O) groups is 2. The van der Waals surface area contributed by atoms with Crippen molar-refractivity contribution in [1.29, 1.82) is 0 Å². The number of rotatable bonds is 4. The van der Waals surface area contributed by atoms with Crippen molar-refractivity contribution in [2.75, 3.05) is 13.7 Å². The lowest BCUT2D eigenvalue weighted by molar-refractivity contribution is -0.141. The summed E-state index contributed by atoms with van der Waals surface area (Å²) in [5, 5.41) is 6.26. The van der Waals surface area contributed by atoms with Crippen molar-refractivity contribution >= 4 is 11.9 Å². The van der Waals surface area contributed by atoms with E-state index in [0.29, 0.717) is 5.56 Å². The maximum atomic E-state index is 11.5. The zero-order valence-electron chi connectivity index (χ0n) is 9.14. The number of nitrogens with two attached hydrogens (primary N) is 1. The number of aromatic nitrogens is 2. The van der Waals surface area contributed by atoms with Gasteiger partial charge in [-0.1, -0.05) is 0 Å². The zero-order valence-corrected chi connectivity index (χ0v) is 9.14. The van der Waals surface area contributed by atoms with E-state index < -0.39 is 17.9 Å². The molecule has 88 valence electrons. The van der Waals surface area contributed by atoms with Crippen LogP contribution in [0.1, 0.15) is 11.6 Å². The Kier molecular flexibility index (Phi) is 4.01. The molecule has 7 heteroatoms. The van der Waals surface area contributed by atoms with E-state index in [9.17, 15) is 9.59 Å². The monoisotopic (exact) mass is 226 g/mol. The normalized spacial score (nSPS) is 11.9. The fourth-order valence-corrected chi connectivity index (χ4v) is 1.09. The number of methoxy groups -OCH3 is 1. The standard InChI is InChI=1S/C9H14N4O3/c1-13-5-6(3-12-13)8(10)9(15)11-4-7(14)16-2/h3,5,8H,4,10H2,1-2H3,(H,11,15). The molecule has 7 nitrogen and oxygen atoms in total. The number of carbonyl (C=O) groups excluding carboxylic acids is 2. The van der Waals surface area contributed by atoms with Crippen LogP contribution in [0.15, 0.2) is 12.4 Å². The van der Waals surface area contributed by atoms with Crippen LogP contribution >= 0.6 is 0 Å². The molecule has 0 saturated carbocycles. The van der Waals surface area contributed by atoms with Crippen molar-refractivity contribution in [3.63, 3.8) is 0 Å². The molecule has 0 radical (unpaired) electrons. The molecule has 1 amide bonds. The molecule has 1 heterocycles. The molecule has 0 aliphatic heterocycles. The van der Waals surface area contributed by atoms with Crippen LogP contribution in [0.25, 0.3) is 0 Å². The Labute approximate surface area is 92.6 Å². The molecule has 0 spiro atoms. The van der Waals surface area contributed by atoms with Gasteiger partial charge in [-0.15, -0.1) is 0 Å². The van der Waals surface area contributed by atoms with Gasteiger partial charge < -0.3 is 15.8 Å². The van der Waals surface area contributed by atoms with Gasteiger partial charge in [0.2, 0.25) is 5.91 Å². The van der Waals surface area contributed by atoms with E-state index >= 15 is 0 Å². The molecular formula is C9H14N4O3. The summed E-state index contributed by atoms with van der Waals surface area (Å²) in [7, 11) is 2.97. The van der Waals surface area contributed by atoms with Crippen LogP contribution in [0.5, 0.6) is 0 Å². The predicted molar refractivity (Wildman–Crippen MR) is 55.2 cm³/mol. The van der Waals surface area contributed by atoms with Crippen molar-refractivity contribution < 1.29 is 14.3 Å². The number of amides is 1. The topological polar surface area (TPSA) is 99.2 Å². The van der Waals surface area contributed by atoms with E-state index in [4.69, 9.17) is 5.73 Å². The predicted octanol–water partition coefficient (Wildman–Crippen LogP) is -1.29. The largest absolute Gasteiger partial charge is 0.468 e. The molecule has 1 aromatic rings. The maximum absolute atomic E-state index is 11.5. The van der Waals surface area contributed by atoms with Crippen LogP contribution in [-0.2, 0) is 21.4 Å². The Morgan fingerprint density at radius 2 is 2.38 bits per heavy atom. The molecular weight excluding hydrogens is 212 g/mol. The molecule has 1 rings (SSSR count). The third-order valence-corrected chi connectivity index (χ3v) is 2.00. The van der Waals surface area contributed by atoms with Crippen molar-refractivity contribution in [1.82, 2.24) is 15.1 Å².